The fraction of sp³-hybridized carbons (Fsp3) is 0.667. The highest BCUT2D eigenvalue weighted by molar-refractivity contribution is 9.11. The second-order valence-electron chi connectivity index (χ2n) is 2.14. The Balaban J connectivity index is 4.00. The van der Waals surface area contributed by atoms with Crippen LogP contribution in [0.15, 0.2) is 10.1 Å². The first-order chi connectivity index (χ1) is 3.55. The minimum Gasteiger partial charge on any atom is -0.324 e. The van der Waals surface area contributed by atoms with Crippen LogP contribution in [0.3, 0.4) is 0 Å². The number of halogens is 1. The van der Waals surface area contributed by atoms with Crippen LogP contribution in [0.4, 0.5) is 0 Å². The first-order valence-electron chi connectivity index (χ1n) is 2.64. The molecule has 0 aliphatic heterocycles. The van der Waals surface area contributed by atoms with Gasteiger partial charge in [-0.25, -0.2) is 0 Å². The van der Waals surface area contributed by atoms with E-state index in [0.29, 0.717) is 0 Å². The largest absolute Gasteiger partial charge is 0.324 e. The summed E-state index contributed by atoms with van der Waals surface area (Å²) in [5.74, 6) is 0. The van der Waals surface area contributed by atoms with Gasteiger partial charge in [0.15, 0.2) is 0 Å². The van der Waals surface area contributed by atoms with E-state index in [-0.39, 0.29) is 6.04 Å². The quantitative estimate of drug-likeness (QED) is 0.653. The predicted octanol–water partition coefficient (Wildman–Crippen LogP) is 2.02. The molecule has 0 spiro atoms. The van der Waals surface area contributed by atoms with E-state index >= 15 is 0 Å². The third-order valence-electron chi connectivity index (χ3n) is 0.877. The lowest BCUT2D eigenvalue weighted by Gasteiger charge is -2.03. The van der Waals surface area contributed by atoms with Crippen molar-refractivity contribution in [1.82, 2.24) is 0 Å². The van der Waals surface area contributed by atoms with Crippen LogP contribution in [-0.4, -0.2) is 6.04 Å². The molecule has 1 atom stereocenters. The molecule has 8 heavy (non-hydrogen) atoms. The van der Waals surface area contributed by atoms with Gasteiger partial charge in [-0.3, -0.25) is 0 Å². The SMILES string of the molecule is CC(C)=C(Br)[C@@H](C)N. The minimum atomic E-state index is 0.139. The molecule has 0 saturated carbocycles. The Bertz CT molecular complexity index is 101. The average molecular weight is 178 g/mol. The molecule has 0 aliphatic rings. The van der Waals surface area contributed by atoms with Crippen molar-refractivity contribution in [3.8, 4) is 0 Å². The van der Waals surface area contributed by atoms with Gasteiger partial charge >= 0.3 is 0 Å². The van der Waals surface area contributed by atoms with Crippen LogP contribution in [0.1, 0.15) is 20.8 Å². The molecule has 0 rings (SSSR count). The molecule has 0 saturated heterocycles. The van der Waals surface area contributed by atoms with E-state index in [2.05, 4.69) is 15.9 Å². The number of hydrogen-bond donors (Lipinski definition) is 1. The fourth-order valence-corrected chi connectivity index (χ4v) is 0.455. The maximum absolute atomic E-state index is 5.53. The van der Waals surface area contributed by atoms with Crippen LogP contribution in [0.2, 0.25) is 0 Å². The Hall–Kier alpha value is 0.180. The zero-order valence-electron chi connectivity index (χ0n) is 5.53. The van der Waals surface area contributed by atoms with Gasteiger partial charge < -0.3 is 5.73 Å². The summed E-state index contributed by atoms with van der Waals surface area (Å²) in [5.41, 5.74) is 6.78. The summed E-state index contributed by atoms with van der Waals surface area (Å²) in [6.45, 7) is 6.03. The van der Waals surface area contributed by atoms with E-state index in [1.807, 2.05) is 20.8 Å². The van der Waals surface area contributed by atoms with Crippen LogP contribution in [0.25, 0.3) is 0 Å². The van der Waals surface area contributed by atoms with E-state index in [1.54, 1.807) is 0 Å². The molecule has 0 radical (unpaired) electrons. The summed E-state index contributed by atoms with van der Waals surface area (Å²) in [6, 6.07) is 0.139. The topological polar surface area (TPSA) is 26.0 Å². The lowest BCUT2D eigenvalue weighted by atomic mass is 10.2. The molecule has 0 heterocycles. The second kappa shape index (κ2) is 3.25. The first kappa shape index (κ1) is 8.18. The molecule has 0 aromatic heterocycles. The Kier molecular flexibility index (Phi) is 3.33. The highest BCUT2D eigenvalue weighted by atomic mass is 79.9. The standard InChI is InChI=1S/C6H12BrN/c1-4(2)6(7)5(3)8/h5H,8H2,1-3H3/t5-/m1/s1. The van der Waals surface area contributed by atoms with Gasteiger partial charge in [-0.15, -0.1) is 0 Å². The van der Waals surface area contributed by atoms with Crippen LogP contribution in [-0.2, 0) is 0 Å². The van der Waals surface area contributed by atoms with Crippen LogP contribution >= 0.6 is 15.9 Å². The smallest absolute Gasteiger partial charge is 0.0331 e. The molecule has 1 nitrogen and oxygen atoms in total. The Morgan fingerprint density at radius 1 is 1.50 bits per heavy atom. The van der Waals surface area contributed by atoms with Crippen molar-refractivity contribution in [1.29, 1.82) is 0 Å². The molecular formula is C6H12BrN. The summed E-state index contributed by atoms with van der Waals surface area (Å²) in [7, 11) is 0. The van der Waals surface area contributed by atoms with Crippen LogP contribution < -0.4 is 5.73 Å². The van der Waals surface area contributed by atoms with Crippen molar-refractivity contribution >= 4 is 15.9 Å². The summed E-state index contributed by atoms with van der Waals surface area (Å²) >= 11 is 3.36. The maximum atomic E-state index is 5.53. The minimum absolute atomic E-state index is 0.139. The van der Waals surface area contributed by atoms with Gasteiger partial charge in [-0.2, -0.15) is 0 Å². The number of nitrogens with two attached hydrogens (primary N) is 1. The zero-order valence-corrected chi connectivity index (χ0v) is 7.12. The average Bonchev–Trinajstić information content (AvgIpc) is 1.64. The Labute approximate surface area is 59.1 Å². The summed E-state index contributed by atoms with van der Waals surface area (Å²) < 4.78 is 1.11. The van der Waals surface area contributed by atoms with Gasteiger partial charge in [0.2, 0.25) is 0 Å². The van der Waals surface area contributed by atoms with E-state index in [9.17, 15) is 0 Å². The molecule has 0 amide bonds. The van der Waals surface area contributed by atoms with Crippen molar-refractivity contribution < 1.29 is 0 Å². The zero-order chi connectivity index (χ0) is 6.73. The van der Waals surface area contributed by atoms with E-state index in [4.69, 9.17) is 5.73 Å². The molecule has 0 fully saturated rings. The number of allylic oxidation sites excluding steroid dienone is 1. The highest BCUT2D eigenvalue weighted by Gasteiger charge is 1.98. The third kappa shape index (κ3) is 2.48. The van der Waals surface area contributed by atoms with Gasteiger partial charge in [0.25, 0.3) is 0 Å². The molecule has 0 aromatic carbocycles. The molecule has 48 valence electrons. The highest BCUT2D eigenvalue weighted by Crippen LogP contribution is 2.13. The van der Waals surface area contributed by atoms with Crippen molar-refractivity contribution in [3.63, 3.8) is 0 Å². The van der Waals surface area contributed by atoms with Crippen molar-refractivity contribution in [2.24, 2.45) is 5.73 Å². The van der Waals surface area contributed by atoms with Crippen molar-refractivity contribution in [3.05, 3.63) is 10.1 Å². The molecular weight excluding hydrogens is 166 g/mol. The molecule has 0 aliphatic carbocycles. The predicted molar refractivity (Wildman–Crippen MR) is 41.0 cm³/mol. The lowest BCUT2D eigenvalue weighted by molar-refractivity contribution is 0.902. The van der Waals surface area contributed by atoms with Gasteiger partial charge in [0.1, 0.15) is 0 Å². The van der Waals surface area contributed by atoms with Crippen LogP contribution in [0, 0.1) is 0 Å². The van der Waals surface area contributed by atoms with Crippen molar-refractivity contribution in [2.75, 3.05) is 0 Å². The summed E-state index contributed by atoms with van der Waals surface area (Å²) in [5, 5.41) is 0. The molecule has 0 unspecified atom stereocenters. The number of hydrogen-bond acceptors (Lipinski definition) is 1. The lowest BCUT2D eigenvalue weighted by Crippen LogP contribution is -2.15. The normalized spacial score (nSPS) is 13.1. The van der Waals surface area contributed by atoms with Crippen molar-refractivity contribution in [2.45, 2.75) is 26.8 Å². The first-order valence-corrected chi connectivity index (χ1v) is 3.43. The van der Waals surface area contributed by atoms with Gasteiger partial charge in [-0.1, -0.05) is 21.5 Å². The summed E-state index contributed by atoms with van der Waals surface area (Å²) in [4.78, 5) is 0. The summed E-state index contributed by atoms with van der Waals surface area (Å²) in [6.07, 6.45) is 0. The van der Waals surface area contributed by atoms with Gasteiger partial charge in [0.05, 0.1) is 0 Å². The molecule has 2 N–H and O–H groups in total. The van der Waals surface area contributed by atoms with Gasteiger partial charge in [-0.05, 0) is 20.8 Å². The van der Waals surface area contributed by atoms with Crippen LogP contribution in [0.5, 0.6) is 0 Å². The monoisotopic (exact) mass is 177 g/mol. The van der Waals surface area contributed by atoms with Gasteiger partial charge in [0, 0.05) is 10.5 Å². The number of rotatable bonds is 1. The van der Waals surface area contributed by atoms with E-state index in [1.165, 1.54) is 5.57 Å². The maximum Gasteiger partial charge on any atom is 0.0331 e. The third-order valence-corrected chi connectivity index (χ3v) is 2.39. The fourth-order valence-electron chi connectivity index (χ4n) is 0.455. The Morgan fingerprint density at radius 3 is 1.88 bits per heavy atom. The second-order valence-corrected chi connectivity index (χ2v) is 2.99. The Morgan fingerprint density at radius 2 is 1.88 bits per heavy atom. The van der Waals surface area contributed by atoms with E-state index in [0.717, 1.165) is 4.48 Å². The molecule has 2 heteroatoms. The molecule has 0 aromatic rings. The van der Waals surface area contributed by atoms with E-state index < -0.39 is 0 Å². The molecule has 0 bridgehead atoms.